The molecule has 2 N–H and O–H groups in total. The van der Waals surface area contributed by atoms with Crippen molar-refractivity contribution in [3.05, 3.63) is 82.8 Å². The lowest BCUT2D eigenvalue weighted by Gasteiger charge is -2.15. The first-order chi connectivity index (χ1) is 14.3. The lowest BCUT2D eigenvalue weighted by Crippen LogP contribution is -2.30. The molecule has 0 fully saturated rings. The van der Waals surface area contributed by atoms with Gasteiger partial charge in [-0.05, 0) is 61.9 Å². The molecule has 8 heteroatoms. The summed E-state index contributed by atoms with van der Waals surface area (Å²) in [5, 5.41) is 5.80. The molecule has 30 heavy (non-hydrogen) atoms. The summed E-state index contributed by atoms with van der Waals surface area (Å²) < 4.78 is 10.3. The van der Waals surface area contributed by atoms with Gasteiger partial charge in [-0.1, -0.05) is 23.7 Å². The fourth-order valence-corrected chi connectivity index (χ4v) is 2.76. The van der Waals surface area contributed by atoms with Gasteiger partial charge in [0.25, 0.3) is 11.8 Å². The Hall–Kier alpha value is -3.58. The van der Waals surface area contributed by atoms with Crippen molar-refractivity contribution in [3.63, 3.8) is 0 Å². The van der Waals surface area contributed by atoms with Gasteiger partial charge in [0.15, 0.2) is 11.9 Å². The number of anilines is 2. The van der Waals surface area contributed by atoms with Crippen molar-refractivity contribution in [2.75, 3.05) is 10.6 Å². The molecule has 0 radical (unpaired) electrons. The van der Waals surface area contributed by atoms with Crippen LogP contribution < -0.4 is 10.6 Å². The molecule has 154 valence electrons. The van der Waals surface area contributed by atoms with E-state index in [0.29, 0.717) is 16.4 Å². The average molecular weight is 427 g/mol. The molecule has 1 atom stereocenters. The number of hydrogen-bond acceptors (Lipinski definition) is 5. The third-order valence-corrected chi connectivity index (χ3v) is 4.45. The van der Waals surface area contributed by atoms with Crippen LogP contribution in [0.25, 0.3) is 0 Å². The molecule has 2 amide bonds. The minimum Gasteiger partial charge on any atom is -0.459 e. The van der Waals surface area contributed by atoms with E-state index < -0.39 is 23.9 Å². The normalized spacial score (nSPS) is 11.4. The number of carbonyl (C=O) groups excluding carboxylic acids is 3. The molecule has 0 aliphatic carbocycles. The number of furan rings is 1. The molecular formula is C22H19ClN2O5. The smallest absolute Gasteiger partial charge is 0.338 e. The van der Waals surface area contributed by atoms with Crippen molar-refractivity contribution in [2.45, 2.75) is 20.0 Å². The number of benzene rings is 2. The van der Waals surface area contributed by atoms with Crippen molar-refractivity contribution in [3.8, 4) is 0 Å². The highest BCUT2D eigenvalue weighted by Crippen LogP contribution is 2.20. The van der Waals surface area contributed by atoms with Crippen molar-refractivity contribution in [1.82, 2.24) is 0 Å². The zero-order valence-electron chi connectivity index (χ0n) is 16.3. The maximum atomic E-state index is 12.5. The number of aryl methyl sites for hydroxylation is 1. The third-order valence-electron chi connectivity index (χ3n) is 4.21. The molecule has 3 aromatic rings. The van der Waals surface area contributed by atoms with Gasteiger partial charge in [0, 0.05) is 16.4 Å². The average Bonchev–Trinajstić information content (AvgIpc) is 3.24. The standard InChI is InChI=1S/C22H19ClN2O5/c1-13-8-9-15(11-18(13)25-21(27)19-7-4-10-29-19)22(28)30-14(2)20(26)24-17-6-3-5-16(23)12-17/h3-12,14H,1-2H3,(H,24,26)(H,25,27). The van der Waals surface area contributed by atoms with Crippen LogP contribution in [-0.4, -0.2) is 23.9 Å². The predicted octanol–water partition coefficient (Wildman–Crippen LogP) is 4.68. The van der Waals surface area contributed by atoms with E-state index in [4.69, 9.17) is 20.8 Å². The highest BCUT2D eigenvalue weighted by molar-refractivity contribution is 6.30. The van der Waals surface area contributed by atoms with Gasteiger partial charge in [0.2, 0.25) is 0 Å². The summed E-state index contributed by atoms with van der Waals surface area (Å²) in [5.74, 6) is -1.49. The second-order valence-electron chi connectivity index (χ2n) is 6.51. The van der Waals surface area contributed by atoms with Gasteiger partial charge in [0.1, 0.15) is 0 Å². The molecule has 2 aromatic carbocycles. The first-order valence-electron chi connectivity index (χ1n) is 9.06. The Kier molecular flexibility index (Phi) is 6.54. The molecule has 0 spiro atoms. The van der Waals surface area contributed by atoms with Crippen LogP contribution in [-0.2, 0) is 9.53 Å². The van der Waals surface area contributed by atoms with Gasteiger partial charge in [0.05, 0.1) is 11.8 Å². The van der Waals surface area contributed by atoms with Crippen LogP contribution >= 0.6 is 11.6 Å². The van der Waals surface area contributed by atoms with Crippen LogP contribution in [0.3, 0.4) is 0 Å². The van der Waals surface area contributed by atoms with Gasteiger partial charge in [-0.25, -0.2) is 4.79 Å². The number of halogens is 1. The Morgan fingerprint density at radius 1 is 1.03 bits per heavy atom. The number of amides is 2. The van der Waals surface area contributed by atoms with Crippen LogP contribution in [0, 0.1) is 6.92 Å². The molecule has 1 heterocycles. The molecule has 0 bridgehead atoms. The Labute approximate surface area is 178 Å². The lowest BCUT2D eigenvalue weighted by molar-refractivity contribution is -0.123. The largest absolute Gasteiger partial charge is 0.459 e. The van der Waals surface area contributed by atoms with Crippen molar-refractivity contribution in [2.24, 2.45) is 0 Å². The number of hydrogen-bond donors (Lipinski definition) is 2. The van der Waals surface area contributed by atoms with Crippen molar-refractivity contribution in [1.29, 1.82) is 0 Å². The van der Waals surface area contributed by atoms with E-state index in [1.54, 1.807) is 49.4 Å². The zero-order valence-corrected chi connectivity index (χ0v) is 17.0. The summed E-state index contributed by atoms with van der Waals surface area (Å²) in [4.78, 5) is 37.0. The first-order valence-corrected chi connectivity index (χ1v) is 9.44. The SMILES string of the molecule is Cc1ccc(C(=O)OC(C)C(=O)Nc2cccc(Cl)c2)cc1NC(=O)c1ccco1. The van der Waals surface area contributed by atoms with Crippen LogP contribution in [0.15, 0.2) is 65.3 Å². The molecule has 0 saturated heterocycles. The van der Waals surface area contributed by atoms with E-state index in [1.165, 1.54) is 25.3 Å². The Balaban J connectivity index is 1.65. The summed E-state index contributed by atoms with van der Waals surface area (Å²) in [6.07, 6.45) is 0.352. The molecular weight excluding hydrogens is 408 g/mol. The maximum absolute atomic E-state index is 12.5. The topological polar surface area (TPSA) is 97.6 Å². The molecule has 1 unspecified atom stereocenters. The first kappa shape index (κ1) is 21.1. The van der Waals surface area contributed by atoms with Gasteiger partial charge in [-0.15, -0.1) is 0 Å². The minimum absolute atomic E-state index is 0.147. The Morgan fingerprint density at radius 3 is 2.53 bits per heavy atom. The number of nitrogens with one attached hydrogen (secondary N) is 2. The van der Waals surface area contributed by atoms with E-state index in [9.17, 15) is 14.4 Å². The van der Waals surface area contributed by atoms with Crippen molar-refractivity contribution >= 4 is 40.8 Å². The maximum Gasteiger partial charge on any atom is 0.338 e. The van der Waals surface area contributed by atoms with Crippen LogP contribution in [0.5, 0.6) is 0 Å². The number of rotatable bonds is 6. The molecule has 1 aromatic heterocycles. The molecule has 7 nitrogen and oxygen atoms in total. The third kappa shape index (κ3) is 5.27. The van der Waals surface area contributed by atoms with Gasteiger partial charge >= 0.3 is 5.97 Å². The van der Waals surface area contributed by atoms with E-state index in [-0.39, 0.29) is 11.3 Å². The summed E-state index contributed by atoms with van der Waals surface area (Å²) in [6, 6.07) is 14.5. The van der Waals surface area contributed by atoms with Gasteiger partial charge in [-0.2, -0.15) is 0 Å². The van der Waals surface area contributed by atoms with Crippen LogP contribution in [0.4, 0.5) is 11.4 Å². The van der Waals surface area contributed by atoms with Gasteiger partial charge in [-0.3, -0.25) is 9.59 Å². The fourth-order valence-electron chi connectivity index (χ4n) is 2.57. The summed E-state index contributed by atoms with van der Waals surface area (Å²) in [7, 11) is 0. The highest BCUT2D eigenvalue weighted by Gasteiger charge is 2.20. The monoisotopic (exact) mass is 426 g/mol. The summed E-state index contributed by atoms with van der Waals surface area (Å²) in [6.45, 7) is 3.25. The molecule has 0 aliphatic heterocycles. The fraction of sp³-hybridized carbons (Fsp3) is 0.136. The number of ether oxygens (including phenoxy) is 1. The van der Waals surface area contributed by atoms with Crippen LogP contribution in [0.2, 0.25) is 5.02 Å². The molecule has 0 aliphatic rings. The molecule has 3 rings (SSSR count). The second-order valence-corrected chi connectivity index (χ2v) is 6.94. The van der Waals surface area contributed by atoms with Crippen molar-refractivity contribution < 1.29 is 23.5 Å². The highest BCUT2D eigenvalue weighted by atomic mass is 35.5. The van der Waals surface area contributed by atoms with E-state index in [1.807, 2.05) is 0 Å². The quantitative estimate of drug-likeness (QED) is 0.558. The Bertz CT molecular complexity index is 1080. The van der Waals surface area contributed by atoms with E-state index in [2.05, 4.69) is 10.6 Å². The minimum atomic E-state index is -1.04. The van der Waals surface area contributed by atoms with Crippen LogP contribution in [0.1, 0.15) is 33.4 Å². The predicted molar refractivity (Wildman–Crippen MR) is 113 cm³/mol. The van der Waals surface area contributed by atoms with E-state index >= 15 is 0 Å². The van der Waals surface area contributed by atoms with E-state index in [0.717, 1.165) is 5.56 Å². The summed E-state index contributed by atoms with van der Waals surface area (Å²) in [5.41, 5.74) is 1.87. The Morgan fingerprint density at radius 2 is 1.83 bits per heavy atom. The van der Waals surface area contributed by atoms with Gasteiger partial charge < -0.3 is 19.8 Å². The zero-order chi connectivity index (χ0) is 21.7. The number of carbonyl (C=O) groups is 3. The molecule has 0 saturated carbocycles. The summed E-state index contributed by atoms with van der Waals surface area (Å²) >= 11 is 5.90. The lowest BCUT2D eigenvalue weighted by atomic mass is 10.1. The second kappa shape index (κ2) is 9.28. The number of esters is 1.